The van der Waals surface area contributed by atoms with Gasteiger partial charge in [0.1, 0.15) is 4.88 Å². The first kappa shape index (κ1) is 24.8. The molecule has 2 heterocycles. The lowest BCUT2D eigenvalue weighted by Gasteiger charge is -2.16. The third kappa shape index (κ3) is 6.04. The van der Waals surface area contributed by atoms with Crippen molar-refractivity contribution in [1.82, 2.24) is 9.97 Å². The first-order valence-electron chi connectivity index (χ1n) is 11.3. The average molecular weight is 515 g/mol. The van der Waals surface area contributed by atoms with E-state index in [9.17, 15) is 18.0 Å². The Morgan fingerprint density at radius 2 is 1.89 bits per heavy atom. The number of amides is 1. The van der Waals surface area contributed by atoms with E-state index < -0.39 is 28.0 Å². The summed E-state index contributed by atoms with van der Waals surface area (Å²) >= 11 is 1.44. The number of ether oxygens (including phenoxy) is 1. The molecule has 11 heteroatoms. The topological polar surface area (TPSA) is 127 Å². The van der Waals surface area contributed by atoms with Crippen molar-refractivity contribution < 1.29 is 22.7 Å². The standard InChI is InChI=1S/C24H26N4O5S2/c1-3-19(33-23(30)21-14-16-6-4-5-7-20(16)34-21)22(29)27-17-8-10-18(11-9-17)35(31,32)28-24-25-13-12-15(2)26-24/h8-14,19H,3-7H2,1-2H3,(H,27,29)(H,25,26,28). The molecule has 1 atom stereocenters. The van der Waals surface area contributed by atoms with Gasteiger partial charge in [0.25, 0.3) is 15.9 Å². The molecular weight excluding hydrogens is 488 g/mol. The van der Waals surface area contributed by atoms with E-state index in [1.807, 2.05) is 6.07 Å². The van der Waals surface area contributed by atoms with Crippen LogP contribution in [0.4, 0.5) is 11.6 Å². The monoisotopic (exact) mass is 514 g/mol. The Hall–Kier alpha value is -3.31. The number of esters is 1. The third-order valence-corrected chi connectivity index (χ3v) is 8.12. The van der Waals surface area contributed by atoms with Crippen molar-refractivity contribution in [3.05, 3.63) is 63.6 Å². The van der Waals surface area contributed by atoms with Crippen LogP contribution in [0, 0.1) is 6.92 Å². The largest absolute Gasteiger partial charge is 0.448 e. The number of benzene rings is 1. The molecule has 35 heavy (non-hydrogen) atoms. The Morgan fingerprint density at radius 1 is 1.14 bits per heavy atom. The van der Waals surface area contributed by atoms with Crippen LogP contribution >= 0.6 is 11.3 Å². The minimum absolute atomic E-state index is 0.0132. The molecule has 184 valence electrons. The number of hydrogen-bond donors (Lipinski definition) is 2. The summed E-state index contributed by atoms with van der Waals surface area (Å²) < 4.78 is 33.0. The highest BCUT2D eigenvalue weighted by Gasteiger charge is 2.25. The molecule has 0 spiro atoms. The predicted octanol–water partition coefficient (Wildman–Crippen LogP) is 4.10. The Labute approximate surface area is 208 Å². The van der Waals surface area contributed by atoms with E-state index in [1.165, 1.54) is 52.2 Å². The summed E-state index contributed by atoms with van der Waals surface area (Å²) in [5.74, 6) is -1.01. The summed E-state index contributed by atoms with van der Waals surface area (Å²) in [7, 11) is -3.90. The fourth-order valence-corrected chi connectivity index (χ4v) is 5.81. The van der Waals surface area contributed by atoms with Crippen molar-refractivity contribution >= 4 is 44.9 Å². The van der Waals surface area contributed by atoms with Crippen LogP contribution in [0.15, 0.2) is 47.5 Å². The van der Waals surface area contributed by atoms with Gasteiger partial charge in [-0.3, -0.25) is 4.79 Å². The van der Waals surface area contributed by atoms with E-state index in [0.717, 1.165) is 25.7 Å². The van der Waals surface area contributed by atoms with Crippen molar-refractivity contribution in [3.63, 3.8) is 0 Å². The lowest BCUT2D eigenvalue weighted by atomic mass is 9.99. The molecule has 2 aromatic heterocycles. The lowest BCUT2D eigenvalue weighted by Crippen LogP contribution is -2.31. The highest BCUT2D eigenvalue weighted by molar-refractivity contribution is 7.92. The first-order chi connectivity index (χ1) is 16.7. The van der Waals surface area contributed by atoms with Gasteiger partial charge in [0.2, 0.25) is 5.95 Å². The van der Waals surface area contributed by atoms with Gasteiger partial charge in [-0.25, -0.2) is 27.9 Å². The quantitative estimate of drug-likeness (QED) is 0.433. The number of hydrogen-bond acceptors (Lipinski definition) is 8. The highest BCUT2D eigenvalue weighted by atomic mass is 32.2. The molecule has 3 aromatic rings. The van der Waals surface area contributed by atoms with Crippen LogP contribution in [-0.2, 0) is 32.4 Å². The van der Waals surface area contributed by atoms with Crippen LogP contribution in [0.1, 0.15) is 52.0 Å². The van der Waals surface area contributed by atoms with E-state index >= 15 is 0 Å². The molecule has 0 fully saturated rings. The smallest absolute Gasteiger partial charge is 0.349 e. The van der Waals surface area contributed by atoms with Gasteiger partial charge in [-0.05, 0) is 81.0 Å². The molecule has 0 aliphatic heterocycles. The molecule has 1 aliphatic rings. The van der Waals surface area contributed by atoms with Gasteiger partial charge in [0.05, 0.1) is 4.90 Å². The Bertz CT molecular complexity index is 1310. The third-order valence-electron chi connectivity index (χ3n) is 5.56. The summed E-state index contributed by atoms with van der Waals surface area (Å²) in [6.45, 7) is 3.48. The van der Waals surface area contributed by atoms with Crippen LogP contribution in [0.5, 0.6) is 0 Å². The van der Waals surface area contributed by atoms with Gasteiger partial charge in [-0.2, -0.15) is 0 Å². The van der Waals surface area contributed by atoms with Crippen LogP contribution in [0.25, 0.3) is 0 Å². The summed E-state index contributed by atoms with van der Waals surface area (Å²) in [4.78, 5) is 35.0. The van der Waals surface area contributed by atoms with Gasteiger partial charge in [-0.15, -0.1) is 11.3 Å². The molecule has 0 saturated carbocycles. The summed E-state index contributed by atoms with van der Waals surface area (Å²) in [6, 6.07) is 9.18. The SMILES string of the molecule is CCC(OC(=O)c1cc2c(s1)CCCC2)C(=O)Nc1ccc(S(=O)(=O)Nc2nccc(C)n2)cc1. The number of carbonyl (C=O) groups excluding carboxylic acids is 2. The van der Waals surface area contributed by atoms with Gasteiger partial charge >= 0.3 is 5.97 Å². The van der Waals surface area contributed by atoms with Crippen LogP contribution in [-0.4, -0.2) is 36.4 Å². The molecule has 0 saturated heterocycles. The number of rotatable bonds is 8. The molecule has 1 unspecified atom stereocenters. The number of aromatic nitrogens is 2. The Balaban J connectivity index is 1.38. The van der Waals surface area contributed by atoms with Crippen molar-refractivity contribution in [2.75, 3.05) is 10.0 Å². The molecule has 1 aliphatic carbocycles. The summed E-state index contributed by atoms with van der Waals surface area (Å²) in [5, 5.41) is 2.68. The fraction of sp³-hybridized carbons (Fsp3) is 0.333. The number of thiophene rings is 1. The lowest BCUT2D eigenvalue weighted by molar-refractivity contribution is -0.124. The first-order valence-corrected chi connectivity index (χ1v) is 13.6. The van der Waals surface area contributed by atoms with Gasteiger partial charge in [0, 0.05) is 22.5 Å². The number of anilines is 2. The zero-order chi connectivity index (χ0) is 25.0. The van der Waals surface area contributed by atoms with Gasteiger partial charge in [0.15, 0.2) is 6.10 Å². The van der Waals surface area contributed by atoms with Crippen molar-refractivity contribution in [2.45, 2.75) is 57.0 Å². The van der Waals surface area contributed by atoms with E-state index in [2.05, 4.69) is 20.0 Å². The maximum absolute atomic E-state index is 12.7. The molecule has 1 aromatic carbocycles. The van der Waals surface area contributed by atoms with E-state index in [0.29, 0.717) is 22.7 Å². The minimum atomic E-state index is -3.90. The van der Waals surface area contributed by atoms with Crippen molar-refractivity contribution in [3.8, 4) is 0 Å². The van der Waals surface area contributed by atoms with Crippen molar-refractivity contribution in [1.29, 1.82) is 0 Å². The summed E-state index contributed by atoms with van der Waals surface area (Å²) in [5.41, 5.74) is 2.20. The second-order valence-corrected chi connectivity index (χ2v) is 11.0. The predicted molar refractivity (Wildman–Crippen MR) is 133 cm³/mol. The van der Waals surface area contributed by atoms with Gasteiger partial charge < -0.3 is 10.1 Å². The maximum Gasteiger partial charge on any atom is 0.349 e. The van der Waals surface area contributed by atoms with Crippen LogP contribution < -0.4 is 10.0 Å². The Morgan fingerprint density at radius 3 is 2.57 bits per heavy atom. The second-order valence-electron chi connectivity index (χ2n) is 8.21. The molecule has 4 rings (SSSR count). The molecular formula is C24H26N4O5S2. The number of aryl methyl sites for hydroxylation is 3. The van der Waals surface area contributed by atoms with E-state index in [-0.39, 0.29) is 10.8 Å². The maximum atomic E-state index is 12.7. The van der Waals surface area contributed by atoms with E-state index in [1.54, 1.807) is 19.9 Å². The van der Waals surface area contributed by atoms with Crippen molar-refractivity contribution in [2.24, 2.45) is 0 Å². The molecule has 9 nitrogen and oxygen atoms in total. The zero-order valence-electron chi connectivity index (χ0n) is 19.4. The molecule has 0 bridgehead atoms. The van der Waals surface area contributed by atoms with E-state index in [4.69, 9.17) is 4.74 Å². The molecule has 2 N–H and O–H groups in total. The Kier molecular flexibility index (Phi) is 7.46. The number of fused-ring (bicyclic) bond motifs is 1. The number of nitrogens with zero attached hydrogens (tertiary/aromatic N) is 2. The fourth-order valence-electron chi connectivity index (χ4n) is 3.72. The normalized spacial score (nSPS) is 14.0. The summed E-state index contributed by atoms with van der Waals surface area (Å²) in [6.07, 6.45) is 4.98. The van der Waals surface area contributed by atoms with Gasteiger partial charge in [-0.1, -0.05) is 6.92 Å². The minimum Gasteiger partial charge on any atom is -0.448 e. The zero-order valence-corrected chi connectivity index (χ0v) is 21.0. The average Bonchev–Trinajstić information content (AvgIpc) is 3.27. The second kappa shape index (κ2) is 10.5. The number of nitrogens with one attached hydrogen (secondary N) is 2. The molecule has 1 amide bonds. The molecule has 0 radical (unpaired) electrons. The number of sulfonamides is 1. The van der Waals surface area contributed by atoms with Crippen LogP contribution in [0.3, 0.4) is 0 Å². The van der Waals surface area contributed by atoms with Crippen LogP contribution in [0.2, 0.25) is 0 Å². The number of carbonyl (C=O) groups is 2. The highest BCUT2D eigenvalue weighted by Crippen LogP contribution is 2.30.